The standard InChI is InChI=1S/C38H37N2O/c1-3-13-25(14-4-1)30-23-34-36(29-19-9-12-22-33(29)41-34)35(26-15-5-2-6-16-26)37(30)40-32-21-11-10-20-31(32)39-24-27-17-7-8-18-28(27)38(39)40/h7-12,17-23,25-26H,1-6,13-16,24H2/q+1. The van der Waals surface area contributed by atoms with Gasteiger partial charge in [0, 0.05) is 27.5 Å². The van der Waals surface area contributed by atoms with Gasteiger partial charge in [0.05, 0.1) is 5.56 Å². The molecule has 2 fully saturated rings. The fourth-order valence-electron chi connectivity index (χ4n) is 8.62. The highest BCUT2D eigenvalue weighted by atomic mass is 16.3. The molecule has 204 valence electrons. The lowest BCUT2D eigenvalue weighted by molar-refractivity contribution is -0.645. The van der Waals surface area contributed by atoms with E-state index < -0.39 is 0 Å². The van der Waals surface area contributed by atoms with Crippen molar-refractivity contribution >= 4 is 33.0 Å². The van der Waals surface area contributed by atoms with Crippen LogP contribution in [0.4, 0.5) is 0 Å². The lowest BCUT2D eigenvalue weighted by Gasteiger charge is -2.29. The van der Waals surface area contributed by atoms with E-state index in [2.05, 4.69) is 88.0 Å². The predicted molar refractivity (Wildman–Crippen MR) is 167 cm³/mol. The van der Waals surface area contributed by atoms with Crippen LogP contribution in [0.25, 0.3) is 50.0 Å². The van der Waals surface area contributed by atoms with Gasteiger partial charge in [0.15, 0.2) is 11.0 Å². The highest BCUT2D eigenvalue weighted by molar-refractivity contribution is 6.09. The van der Waals surface area contributed by atoms with E-state index in [1.807, 2.05) is 0 Å². The Labute approximate surface area is 241 Å². The van der Waals surface area contributed by atoms with Crippen LogP contribution in [-0.4, -0.2) is 4.57 Å². The monoisotopic (exact) mass is 537 g/mol. The Bertz CT molecular complexity index is 1940. The minimum atomic E-state index is 0.546. The van der Waals surface area contributed by atoms with Crippen molar-refractivity contribution in [2.45, 2.75) is 82.6 Å². The van der Waals surface area contributed by atoms with Gasteiger partial charge in [-0.3, -0.25) is 0 Å². The zero-order valence-electron chi connectivity index (χ0n) is 23.7. The summed E-state index contributed by atoms with van der Waals surface area (Å²) in [6, 6.07) is 29.4. The second kappa shape index (κ2) is 9.34. The SMILES string of the molecule is c1ccc2c(c1)C[n+]1c-2n(-c2c(C3CCCCC3)cc3oc4ccccc4c3c2C2CCCCC2)c2ccccc21. The van der Waals surface area contributed by atoms with Gasteiger partial charge in [0.2, 0.25) is 0 Å². The predicted octanol–water partition coefficient (Wildman–Crippen LogP) is 9.94. The molecule has 3 heteroatoms. The Morgan fingerprint density at radius 3 is 2.24 bits per heavy atom. The molecule has 9 rings (SSSR count). The zero-order chi connectivity index (χ0) is 26.9. The first-order valence-electron chi connectivity index (χ1n) is 16.0. The lowest BCUT2D eigenvalue weighted by atomic mass is 9.77. The molecule has 0 N–H and O–H groups in total. The van der Waals surface area contributed by atoms with Crippen LogP contribution in [0.5, 0.6) is 0 Å². The molecule has 4 aromatic carbocycles. The van der Waals surface area contributed by atoms with Crippen molar-refractivity contribution in [2.75, 3.05) is 0 Å². The molecule has 6 aromatic rings. The molecule has 2 saturated carbocycles. The molecule has 0 unspecified atom stereocenters. The van der Waals surface area contributed by atoms with E-state index in [-0.39, 0.29) is 0 Å². The number of imidazole rings is 1. The fraction of sp³-hybridized carbons (Fsp3) is 0.342. The largest absolute Gasteiger partial charge is 0.456 e. The lowest BCUT2D eigenvalue weighted by Crippen LogP contribution is -2.31. The maximum Gasteiger partial charge on any atom is 0.295 e. The van der Waals surface area contributed by atoms with E-state index in [4.69, 9.17) is 4.42 Å². The summed E-state index contributed by atoms with van der Waals surface area (Å²) in [5, 5.41) is 2.64. The molecule has 3 aliphatic rings. The van der Waals surface area contributed by atoms with Crippen molar-refractivity contribution in [2.24, 2.45) is 0 Å². The number of nitrogens with zero attached hydrogens (tertiary/aromatic N) is 2. The second-order valence-electron chi connectivity index (χ2n) is 12.8. The molecule has 0 bridgehead atoms. The van der Waals surface area contributed by atoms with Crippen LogP contribution in [-0.2, 0) is 6.54 Å². The van der Waals surface area contributed by atoms with E-state index in [0.717, 1.165) is 17.7 Å². The first-order valence-corrected chi connectivity index (χ1v) is 16.0. The van der Waals surface area contributed by atoms with Crippen LogP contribution in [0, 0.1) is 0 Å². The molecule has 0 radical (unpaired) electrons. The van der Waals surface area contributed by atoms with Crippen LogP contribution in [0.2, 0.25) is 0 Å². The molecule has 1 aliphatic heterocycles. The Kier molecular flexibility index (Phi) is 5.43. The number of aromatic nitrogens is 2. The number of hydrogen-bond acceptors (Lipinski definition) is 1. The van der Waals surface area contributed by atoms with Crippen molar-refractivity contribution < 1.29 is 8.98 Å². The molecule has 0 saturated heterocycles. The van der Waals surface area contributed by atoms with Gasteiger partial charge in [-0.15, -0.1) is 0 Å². The van der Waals surface area contributed by atoms with Crippen molar-refractivity contribution in [1.29, 1.82) is 0 Å². The van der Waals surface area contributed by atoms with Gasteiger partial charge in [-0.2, -0.15) is 4.57 Å². The van der Waals surface area contributed by atoms with Crippen LogP contribution in [0.1, 0.15) is 92.7 Å². The first kappa shape index (κ1) is 23.8. The molecule has 0 atom stereocenters. The molecule has 3 nitrogen and oxygen atoms in total. The maximum absolute atomic E-state index is 6.71. The van der Waals surface area contributed by atoms with Crippen LogP contribution in [0.15, 0.2) is 83.3 Å². The number of rotatable bonds is 3. The molecule has 0 spiro atoms. The van der Waals surface area contributed by atoms with E-state index in [1.165, 1.54) is 114 Å². The smallest absolute Gasteiger partial charge is 0.295 e. The Morgan fingerprint density at radius 2 is 1.39 bits per heavy atom. The summed E-state index contributed by atoms with van der Waals surface area (Å²) < 4.78 is 12.0. The minimum Gasteiger partial charge on any atom is -0.456 e. The molecule has 3 heterocycles. The average Bonchev–Trinajstić information content (AvgIpc) is 3.70. The van der Waals surface area contributed by atoms with Gasteiger partial charge in [-0.1, -0.05) is 87.1 Å². The van der Waals surface area contributed by atoms with E-state index in [1.54, 1.807) is 5.56 Å². The van der Waals surface area contributed by atoms with E-state index in [0.29, 0.717) is 11.8 Å². The van der Waals surface area contributed by atoms with Gasteiger partial charge in [-0.05, 0) is 67.9 Å². The van der Waals surface area contributed by atoms with Gasteiger partial charge >= 0.3 is 0 Å². The first-order chi connectivity index (χ1) is 20.4. The topological polar surface area (TPSA) is 21.9 Å². The molecule has 2 aliphatic carbocycles. The summed E-state index contributed by atoms with van der Waals surface area (Å²) >= 11 is 0. The third-order valence-electron chi connectivity index (χ3n) is 10.5. The summed E-state index contributed by atoms with van der Waals surface area (Å²) in [4.78, 5) is 0. The normalized spacial score (nSPS) is 18.0. The summed E-state index contributed by atoms with van der Waals surface area (Å²) in [5.74, 6) is 2.46. The number of benzene rings is 4. The number of para-hydroxylation sites is 3. The number of hydrogen-bond donors (Lipinski definition) is 0. The highest BCUT2D eigenvalue weighted by Crippen LogP contribution is 2.49. The van der Waals surface area contributed by atoms with Crippen LogP contribution in [0.3, 0.4) is 0 Å². The highest BCUT2D eigenvalue weighted by Gasteiger charge is 2.39. The van der Waals surface area contributed by atoms with Crippen molar-refractivity contribution in [1.82, 2.24) is 4.57 Å². The summed E-state index contributed by atoms with van der Waals surface area (Å²) in [6.07, 6.45) is 13.1. The van der Waals surface area contributed by atoms with Crippen molar-refractivity contribution in [3.05, 3.63) is 95.6 Å². The third-order valence-corrected chi connectivity index (χ3v) is 10.5. The van der Waals surface area contributed by atoms with Gasteiger partial charge in [0.1, 0.15) is 23.4 Å². The van der Waals surface area contributed by atoms with E-state index >= 15 is 0 Å². The van der Waals surface area contributed by atoms with Crippen molar-refractivity contribution in [3.63, 3.8) is 0 Å². The molecular formula is C38H37N2O+. The summed E-state index contributed by atoms with van der Waals surface area (Å²) in [7, 11) is 0. The minimum absolute atomic E-state index is 0.546. The fourth-order valence-corrected chi connectivity index (χ4v) is 8.62. The molecule has 0 amide bonds. The van der Waals surface area contributed by atoms with Crippen LogP contribution >= 0.6 is 0 Å². The van der Waals surface area contributed by atoms with E-state index in [9.17, 15) is 0 Å². The number of fused-ring (bicyclic) bond motifs is 8. The number of furan rings is 1. The van der Waals surface area contributed by atoms with Crippen molar-refractivity contribution in [3.8, 4) is 17.1 Å². The van der Waals surface area contributed by atoms with Crippen LogP contribution < -0.4 is 4.57 Å². The Morgan fingerprint density at radius 1 is 0.683 bits per heavy atom. The van der Waals surface area contributed by atoms with Gasteiger partial charge in [-0.25, -0.2) is 4.57 Å². The summed E-state index contributed by atoms with van der Waals surface area (Å²) in [5.41, 5.74) is 12.1. The summed E-state index contributed by atoms with van der Waals surface area (Å²) in [6.45, 7) is 0.938. The zero-order valence-corrected chi connectivity index (χ0v) is 23.7. The molecule has 2 aromatic heterocycles. The van der Waals surface area contributed by atoms with Gasteiger partial charge in [0.25, 0.3) is 5.82 Å². The molecular weight excluding hydrogens is 500 g/mol. The second-order valence-corrected chi connectivity index (χ2v) is 12.8. The Balaban J connectivity index is 1.47. The average molecular weight is 538 g/mol. The maximum atomic E-state index is 6.71. The Hall–Kier alpha value is -3.85. The quantitative estimate of drug-likeness (QED) is 0.206. The third kappa shape index (κ3) is 3.54. The molecule has 41 heavy (non-hydrogen) atoms. The van der Waals surface area contributed by atoms with Gasteiger partial charge < -0.3 is 4.42 Å².